The van der Waals surface area contributed by atoms with Crippen molar-refractivity contribution in [3.05, 3.63) is 72.3 Å². The predicted molar refractivity (Wildman–Crippen MR) is 178 cm³/mol. The van der Waals surface area contributed by atoms with E-state index >= 15 is 0 Å². The van der Waals surface area contributed by atoms with Gasteiger partial charge >= 0.3 is 7.82 Å². The third-order valence-corrected chi connectivity index (χ3v) is 8.10. The number of phosphoric ester groups is 1. The Kier molecular flexibility index (Phi) is 16.3. The Hall–Kier alpha value is -2.90. The average Bonchev–Trinajstić information content (AvgIpc) is 3.41. The second-order valence-electron chi connectivity index (χ2n) is 11.6. The van der Waals surface area contributed by atoms with E-state index in [9.17, 15) is 19.1 Å². The van der Waals surface area contributed by atoms with Crippen molar-refractivity contribution in [2.45, 2.75) is 109 Å². The predicted octanol–water partition coefficient (Wildman–Crippen LogP) is 9.13. The summed E-state index contributed by atoms with van der Waals surface area (Å²) in [6, 6.07) is 16.7. The molecule has 8 nitrogen and oxygen atoms in total. The van der Waals surface area contributed by atoms with E-state index in [1.807, 2.05) is 54.6 Å². The third-order valence-electron chi connectivity index (χ3n) is 7.61. The highest BCUT2D eigenvalue weighted by atomic mass is 31.2. The van der Waals surface area contributed by atoms with Crippen LogP contribution < -0.4 is 10.1 Å². The van der Waals surface area contributed by atoms with Gasteiger partial charge in [0.25, 0.3) is 0 Å². The van der Waals surface area contributed by atoms with Crippen LogP contribution in [0.1, 0.15) is 102 Å². The number of hydrogen-bond acceptors (Lipinski definition) is 4. The lowest BCUT2D eigenvalue weighted by molar-refractivity contribution is -0.122. The van der Waals surface area contributed by atoms with Crippen molar-refractivity contribution in [1.82, 2.24) is 10.3 Å². The van der Waals surface area contributed by atoms with Gasteiger partial charge in [0, 0.05) is 23.4 Å². The molecule has 3 rings (SSSR count). The van der Waals surface area contributed by atoms with E-state index in [1.165, 1.54) is 51.4 Å². The minimum Gasteiger partial charge on any atom is -0.441 e. The number of phosphoric acid groups is 1. The first-order valence-electron chi connectivity index (χ1n) is 16.3. The number of amides is 1. The number of carbonyl (C=O) groups excluding carboxylic acids is 1. The molecular weight excluding hydrogens is 575 g/mol. The fourth-order valence-electron chi connectivity index (χ4n) is 5.20. The first-order valence-corrected chi connectivity index (χ1v) is 17.8. The Labute approximate surface area is 262 Å². The number of rotatable bonds is 23. The smallest absolute Gasteiger partial charge is 0.441 e. The molecular formula is C35H51N2O6P. The van der Waals surface area contributed by atoms with Gasteiger partial charge in [-0.15, -0.1) is 0 Å². The van der Waals surface area contributed by atoms with Crippen LogP contribution in [-0.2, 0) is 20.3 Å². The molecule has 0 aliphatic rings. The molecule has 1 heterocycles. The lowest BCUT2D eigenvalue weighted by atomic mass is 10.1. The molecule has 1 aromatic heterocycles. The molecule has 1 amide bonds. The molecule has 2 aromatic carbocycles. The highest BCUT2D eigenvalue weighted by Crippen LogP contribution is 2.36. The van der Waals surface area contributed by atoms with E-state index in [-0.39, 0.29) is 12.5 Å². The topological polar surface area (TPSA) is 121 Å². The maximum Gasteiger partial charge on any atom is 0.469 e. The molecule has 44 heavy (non-hydrogen) atoms. The first-order chi connectivity index (χ1) is 21.3. The largest absolute Gasteiger partial charge is 0.469 e. The molecule has 0 aliphatic carbocycles. The zero-order chi connectivity index (χ0) is 31.5. The van der Waals surface area contributed by atoms with E-state index in [1.54, 1.807) is 0 Å². The number of H-pyrrole nitrogens is 1. The number of fused-ring (bicyclic) bond motifs is 1. The van der Waals surface area contributed by atoms with Gasteiger partial charge in [-0.05, 0) is 62.3 Å². The molecule has 0 saturated heterocycles. The van der Waals surface area contributed by atoms with Crippen molar-refractivity contribution in [3.8, 4) is 11.6 Å². The van der Waals surface area contributed by atoms with Crippen LogP contribution in [0.3, 0.4) is 0 Å². The van der Waals surface area contributed by atoms with Crippen molar-refractivity contribution < 1.29 is 28.4 Å². The lowest BCUT2D eigenvalue weighted by Crippen LogP contribution is -2.39. The number of carbonyl (C=O) groups is 1. The quantitative estimate of drug-likeness (QED) is 0.0473. The van der Waals surface area contributed by atoms with Crippen LogP contribution in [0.5, 0.6) is 11.6 Å². The van der Waals surface area contributed by atoms with Crippen LogP contribution in [0.25, 0.3) is 10.9 Å². The SMILES string of the molecule is CCCCCCCC/C=C\CCCCCCCC(=O)N[C@@H](COP(=O)(O)O)Cc1ccc(Oc2cc3ccccc3[nH]2)cc1. The summed E-state index contributed by atoms with van der Waals surface area (Å²) >= 11 is 0. The number of nitrogens with one attached hydrogen (secondary N) is 2. The van der Waals surface area contributed by atoms with Gasteiger partial charge in [-0.2, -0.15) is 0 Å². The van der Waals surface area contributed by atoms with Crippen LogP contribution in [0, 0.1) is 0 Å². The van der Waals surface area contributed by atoms with Crippen molar-refractivity contribution >= 4 is 24.6 Å². The average molecular weight is 627 g/mol. The fourth-order valence-corrected chi connectivity index (χ4v) is 5.58. The number of unbranched alkanes of at least 4 members (excludes halogenated alkanes) is 11. The lowest BCUT2D eigenvalue weighted by Gasteiger charge is -2.19. The number of aromatic nitrogens is 1. The summed E-state index contributed by atoms with van der Waals surface area (Å²) in [5, 5.41) is 3.96. The third kappa shape index (κ3) is 15.2. The first kappa shape index (κ1) is 35.6. The van der Waals surface area contributed by atoms with Gasteiger partial charge in [-0.25, -0.2) is 4.57 Å². The van der Waals surface area contributed by atoms with E-state index in [2.05, 4.69) is 29.4 Å². The molecule has 4 N–H and O–H groups in total. The van der Waals surface area contributed by atoms with Gasteiger partial charge in [0.05, 0.1) is 12.6 Å². The highest BCUT2D eigenvalue weighted by molar-refractivity contribution is 7.46. The van der Waals surface area contributed by atoms with E-state index < -0.39 is 13.9 Å². The fraction of sp³-hybridized carbons (Fsp3) is 0.514. The van der Waals surface area contributed by atoms with Crippen molar-refractivity contribution in [1.29, 1.82) is 0 Å². The Morgan fingerprint density at radius 1 is 0.886 bits per heavy atom. The molecule has 3 aromatic rings. The second-order valence-corrected chi connectivity index (χ2v) is 12.8. The van der Waals surface area contributed by atoms with Crippen molar-refractivity contribution in [2.24, 2.45) is 0 Å². The number of para-hydroxylation sites is 1. The van der Waals surface area contributed by atoms with Gasteiger partial charge < -0.3 is 24.8 Å². The van der Waals surface area contributed by atoms with Crippen LogP contribution in [0.15, 0.2) is 66.7 Å². The molecule has 0 radical (unpaired) electrons. The summed E-state index contributed by atoms with van der Waals surface area (Å²) in [6.45, 7) is 1.97. The van der Waals surface area contributed by atoms with Crippen LogP contribution in [0.2, 0.25) is 0 Å². The minimum atomic E-state index is -4.66. The molecule has 0 saturated carbocycles. The highest BCUT2D eigenvalue weighted by Gasteiger charge is 2.20. The summed E-state index contributed by atoms with van der Waals surface area (Å²) in [4.78, 5) is 34.3. The summed E-state index contributed by atoms with van der Waals surface area (Å²) in [6.07, 6.45) is 20.9. The van der Waals surface area contributed by atoms with Crippen LogP contribution >= 0.6 is 7.82 Å². The van der Waals surface area contributed by atoms with Crippen LogP contribution in [0.4, 0.5) is 0 Å². The Bertz CT molecular complexity index is 1270. The van der Waals surface area contributed by atoms with Gasteiger partial charge in [0.1, 0.15) is 5.75 Å². The standard InChI is InChI=1S/C35H51N2O6P/c1-2-3-4-5-6-7-8-9-10-11-12-13-14-15-16-21-34(38)36-31(28-42-44(39,40)41)26-29-22-24-32(25-23-29)43-35-27-30-19-17-18-20-33(30)37-35/h9-10,17-20,22-25,27,31,37H,2-8,11-16,21,26,28H2,1H3,(H,36,38)(H2,39,40,41)/b10-9-/t31-/m1/s1. The van der Waals surface area contributed by atoms with Crippen molar-refractivity contribution in [2.75, 3.05) is 6.61 Å². The van der Waals surface area contributed by atoms with Crippen LogP contribution in [-0.4, -0.2) is 33.3 Å². The maximum absolute atomic E-state index is 12.6. The molecule has 9 heteroatoms. The zero-order valence-electron chi connectivity index (χ0n) is 26.2. The Morgan fingerprint density at radius 2 is 1.52 bits per heavy atom. The van der Waals surface area contributed by atoms with E-state index in [0.29, 0.717) is 24.5 Å². The van der Waals surface area contributed by atoms with E-state index in [4.69, 9.17) is 9.26 Å². The monoisotopic (exact) mass is 626 g/mol. The normalized spacial score (nSPS) is 12.6. The van der Waals surface area contributed by atoms with Gasteiger partial charge in [0.2, 0.25) is 5.91 Å². The molecule has 242 valence electrons. The summed E-state index contributed by atoms with van der Waals surface area (Å²) < 4.78 is 22.0. The second kappa shape index (κ2) is 20.2. The number of ether oxygens (including phenoxy) is 1. The minimum absolute atomic E-state index is 0.138. The molecule has 0 aliphatic heterocycles. The summed E-state index contributed by atoms with van der Waals surface area (Å²) in [7, 11) is -4.66. The number of aromatic amines is 1. The maximum atomic E-state index is 12.6. The zero-order valence-corrected chi connectivity index (χ0v) is 27.1. The molecule has 0 spiro atoms. The van der Waals surface area contributed by atoms with Gasteiger partial charge in [-0.1, -0.05) is 101 Å². The van der Waals surface area contributed by atoms with Gasteiger partial charge in [-0.3, -0.25) is 9.32 Å². The Balaban J connectivity index is 1.33. The van der Waals surface area contributed by atoms with Gasteiger partial charge in [0.15, 0.2) is 5.88 Å². The summed E-state index contributed by atoms with van der Waals surface area (Å²) in [5.41, 5.74) is 1.87. The van der Waals surface area contributed by atoms with Crippen molar-refractivity contribution in [3.63, 3.8) is 0 Å². The molecule has 1 atom stereocenters. The number of benzene rings is 2. The molecule has 0 unspecified atom stereocenters. The molecule has 0 bridgehead atoms. The Morgan fingerprint density at radius 3 is 2.18 bits per heavy atom. The molecule has 0 fully saturated rings. The number of allylic oxidation sites excluding steroid dienone is 2. The number of hydrogen-bond donors (Lipinski definition) is 4. The van der Waals surface area contributed by atoms with E-state index in [0.717, 1.165) is 48.6 Å². The summed E-state index contributed by atoms with van der Waals surface area (Å²) in [5.74, 6) is 1.15.